The largest absolute Gasteiger partial charge is 0.446 e. The number of carbonyl (C=O) groups excluding carboxylic acids is 1. The highest BCUT2D eigenvalue weighted by Crippen LogP contribution is 2.30. The highest BCUT2D eigenvalue weighted by molar-refractivity contribution is 5.91. The van der Waals surface area contributed by atoms with Gasteiger partial charge in [-0.2, -0.15) is 0 Å². The minimum atomic E-state index is -0.0361. The van der Waals surface area contributed by atoms with Crippen molar-refractivity contribution in [1.82, 2.24) is 9.88 Å². The van der Waals surface area contributed by atoms with Gasteiger partial charge in [0.1, 0.15) is 12.0 Å². The molecule has 2 heterocycles. The standard InChI is InChI=1S/C11H16N2O2/c1-3-13-6-4-5-10(13)11-12-9(7-15-11)8(2)14/h7,10H,3-6H2,1-2H3. The van der Waals surface area contributed by atoms with Crippen LogP contribution in [0.5, 0.6) is 0 Å². The van der Waals surface area contributed by atoms with Crippen LogP contribution in [0.2, 0.25) is 0 Å². The molecule has 0 aromatic carbocycles. The monoisotopic (exact) mass is 208 g/mol. The molecule has 1 aliphatic heterocycles. The molecule has 15 heavy (non-hydrogen) atoms. The number of rotatable bonds is 3. The number of carbonyl (C=O) groups is 1. The molecular weight excluding hydrogens is 192 g/mol. The summed E-state index contributed by atoms with van der Waals surface area (Å²) in [4.78, 5) is 17.6. The number of oxazole rings is 1. The lowest BCUT2D eigenvalue weighted by atomic mass is 10.2. The minimum absolute atomic E-state index is 0.0361. The first-order valence-corrected chi connectivity index (χ1v) is 5.42. The maximum atomic E-state index is 11.1. The van der Waals surface area contributed by atoms with Gasteiger partial charge in [0.2, 0.25) is 5.89 Å². The normalized spacial score (nSPS) is 22.1. The summed E-state index contributed by atoms with van der Waals surface area (Å²) < 4.78 is 5.37. The highest BCUT2D eigenvalue weighted by Gasteiger charge is 2.28. The molecule has 0 aliphatic carbocycles. The fourth-order valence-corrected chi connectivity index (χ4v) is 2.09. The van der Waals surface area contributed by atoms with Gasteiger partial charge < -0.3 is 4.42 Å². The van der Waals surface area contributed by atoms with E-state index >= 15 is 0 Å². The molecule has 2 rings (SSSR count). The molecule has 1 aromatic heterocycles. The van der Waals surface area contributed by atoms with Gasteiger partial charge >= 0.3 is 0 Å². The van der Waals surface area contributed by atoms with Crippen molar-refractivity contribution < 1.29 is 9.21 Å². The number of nitrogens with zero attached hydrogens (tertiary/aromatic N) is 2. The smallest absolute Gasteiger partial charge is 0.212 e. The van der Waals surface area contributed by atoms with Crippen molar-refractivity contribution in [2.24, 2.45) is 0 Å². The average Bonchev–Trinajstić information content (AvgIpc) is 2.85. The molecule has 1 unspecified atom stereocenters. The summed E-state index contributed by atoms with van der Waals surface area (Å²) in [6.45, 7) is 5.74. The Labute approximate surface area is 89.3 Å². The van der Waals surface area contributed by atoms with Crippen molar-refractivity contribution in [3.8, 4) is 0 Å². The van der Waals surface area contributed by atoms with Crippen LogP contribution < -0.4 is 0 Å². The molecule has 0 bridgehead atoms. The lowest BCUT2D eigenvalue weighted by Crippen LogP contribution is -2.22. The van der Waals surface area contributed by atoms with Crippen LogP contribution in [0.4, 0.5) is 0 Å². The first-order valence-electron chi connectivity index (χ1n) is 5.42. The van der Waals surface area contributed by atoms with Crippen LogP contribution in [-0.2, 0) is 0 Å². The predicted octanol–water partition coefficient (Wildman–Crippen LogP) is 2.03. The van der Waals surface area contributed by atoms with Gasteiger partial charge in [-0.15, -0.1) is 0 Å². The zero-order valence-corrected chi connectivity index (χ0v) is 9.19. The van der Waals surface area contributed by atoms with E-state index in [2.05, 4.69) is 16.8 Å². The summed E-state index contributed by atoms with van der Waals surface area (Å²) in [5.74, 6) is 0.658. The lowest BCUT2D eigenvalue weighted by molar-refractivity contribution is 0.101. The van der Waals surface area contributed by atoms with E-state index < -0.39 is 0 Å². The fraction of sp³-hybridized carbons (Fsp3) is 0.636. The number of hydrogen-bond acceptors (Lipinski definition) is 4. The summed E-state index contributed by atoms with van der Waals surface area (Å²) in [5, 5.41) is 0. The molecule has 0 spiro atoms. The van der Waals surface area contributed by atoms with Gasteiger partial charge in [0.05, 0.1) is 6.04 Å². The van der Waals surface area contributed by atoms with E-state index in [-0.39, 0.29) is 11.8 Å². The maximum absolute atomic E-state index is 11.1. The Morgan fingerprint density at radius 1 is 1.73 bits per heavy atom. The van der Waals surface area contributed by atoms with E-state index in [1.165, 1.54) is 19.6 Å². The number of Topliss-reactive ketones (excluding diaryl/α,β-unsaturated/α-hetero) is 1. The molecular formula is C11H16N2O2. The molecule has 0 radical (unpaired) electrons. The van der Waals surface area contributed by atoms with Crippen LogP contribution in [0, 0.1) is 0 Å². The SMILES string of the molecule is CCN1CCCC1c1nc(C(C)=O)co1. The van der Waals surface area contributed by atoms with Gasteiger partial charge in [0.15, 0.2) is 5.78 Å². The van der Waals surface area contributed by atoms with Crippen molar-refractivity contribution in [3.63, 3.8) is 0 Å². The summed E-state index contributed by atoms with van der Waals surface area (Å²) >= 11 is 0. The molecule has 82 valence electrons. The molecule has 0 saturated carbocycles. The predicted molar refractivity (Wildman–Crippen MR) is 55.7 cm³/mol. The molecule has 1 saturated heterocycles. The van der Waals surface area contributed by atoms with E-state index in [0.29, 0.717) is 11.6 Å². The van der Waals surface area contributed by atoms with E-state index in [4.69, 9.17) is 4.42 Å². The van der Waals surface area contributed by atoms with Gasteiger partial charge in [-0.25, -0.2) is 4.98 Å². The van der Waals surface area contributed by atoms with Crippen LogP contribution in [0.3, 0.4) is 0 Å². The molecule has 0 N–H and O–H groups in total. The summed E-state index contributed by atoms with van der Waals surface area (Å²) in [7, 11) is 0. The molecule has 4 heteroatoms. The van der Waals surface area contributed by atoms with Crippen molar-refractivity contribution >= 4 is 5.78 Å². The third-order valence-corrected chi connectivity index (χ3v) is 2.94. The van der Waals surface area contributed by atoms with Crippen LogP contribution in [0.25, 0.3) is 0 Å². The highest BCUT2D eigenvalue weighted by atomic mass is 16.3. The molecule has 1 atom stereocenters. The van der Waals surface area contributed by atoms with Crippen LogP contribution in [-0.4, -0.2) is 28.8 Å². The second-order valence-corrected chi connectivity index (χ2v) is 3.91. The zero-order valence-electron chi connectivity index (χ0n) is 9.19. The Morgan fingerprint density at radius 3 is 3.13 bits per heavy atom. The van der Waals surface area contributed by atoms with E-state index in [1.807, 2.05) is 0 Å². The summed E-state index contributed by atoms with van der Waals surface area (Å²) in [6, 6.07) is 0.267. The van der Waals surface area contributed by atoms with Gasteiger partial charge in [-0.3, -0.25) is 9.69 Å². The van der Waals surface area contributed by atoms with Crippen LogP contribution >= 0.6 is 0 Å². The second kappa shape index (κ2) is 4.14. The van der Waals surface area contributed by atoms with Gasteiger partial charge in [0.25, 0.3) is 0 Å². The average molecular weight is 208 g/mol. The Hall–Kier alpha value is -1.16. The topological polar surface area (TPSA) is 46.3 Å². The first-order chi connectivity index (χ1) is 7.22. The molecule has 1 fully saturated rings. The minimum Gasteiger partial charge on any atom is -0.446 e. The Kier molecular flexibility index (Phi) is 2.86. The molecule has 1 aliphatic rings. The van der Waals surface area contributed by atoms with Crippen molar-refractivity contribution in [2.75, 3.05) is 13.1 Å². The first kappa shape index (κ1) is 10.4. The number of aromatic nitrogens is 1. The van der Waals surface area contributed by atoms with E-state index in [1.54, 1.807) is 0 Å². The lowest BCUT2D eigenvalue weighted by Gasteiger charge is -2.19. The Bertz CT molecular complexity index is 359. The number of likely N-dealkylation sites (tertiary alicyclic amines) is 1. The van der Waals surface area contributed by atoms with Crippen molar-refractivity contribution in [3.05, 3.63) is 17.8 Å². The number of hydrogen-bond donors (Lipinski definition) is 0. The quantitative estimate of drug-likeness (QED) is 0.713. The van der Waals surface area contributed by atoms with Gasteiger partial charge in [-0.05, 0) is 25.9 Å². The maximum Gasteiger partial charge on any atom is 0.212 e. The van der Waals surface area contributed by atoms with Crippen LogP contribution in [0.15, 0.2) is 10.7 Å². The second-order valence-electron chi connectivity index (χ2n) is 3.91. The summed E-state index contributed by atoms with van der Waals surface area (Å²) in [6.07, 6.45) is 3.71. The third-order valence-electron chi connectivity index (χ3n) is 2.94. The van der Waals surface area contributed by atoms with Crippen molar-refractivity contribution in [1.29, 1.82) is 0 Å². The summed E-state index contributed by atoms with van der Waals surface area (Å²) in [5.41, 5.74) is 0.438. The molecule has 1 aromatic rings. The Morgan fingerprint density at radius 2 is 2.53 bits per heavy atom. The van der Waals surface area contributed by atoms with Gasteiger partial charge in [-0.1, -0.05) is 6.92 Å². The number of ketones is 1. The van der Waals surface area contributed by atoms with E-state index in [0.717, 1.165) is 19.5 Å². The van der Waals surface area contributed by atoms with Crippen LogP contribution in [0.1, 0.15) is 49.1 Å². The zero-order chi connectivity index (χ0) is 10.8. The fourth-order valence-electron chi connectivity index (χ4n) is 2.09. The molecule has 4 nitrogen and oxygen atoms in total. The van der Waals surface area contributed by atoms with E-state index in [9.17, 15) is 4.79 Å². The third kappa shape index (κ3) is 1.95. The van der Waals surface area contributed by atoms with Crippen molar-refractivity contribution in [2.45, 2.75) is 32.7 Å². The van der Waals surface area contributed by atoms with Gasteiger partial charge in [0, 0.05) is 6.92 Å². The Balaban J connectivity index is 2.18. The molecule has 0 amide bonds.